The first-order valence-electron chi connectivity index (χ1n) is 7.99. The molecule has 2 aliphatic carbocycles. The molecule has 4 unspecified atom stereocenters. The van der Waals surface area contributed by atoms with Gasteiger partial charge in [0, 0.05) is 31.5 Å². The summed E-state index contributed by atoms with van der Waals surface area (Å²) in [4.78, 5) is 6.75. The van der Waals surface area contributed by atoms with Crippen LogP contribution in [0, 0.1) is 24.7 Å². The molecule has 110 valence electrons. The number of fused-ring (bicyclic) bond motifs is 2. The van der Waals surface area contributed by atoms with Crippen molar-refractivity contribution in [2.24, 2.45) is 23.5 Å². The largest absolute Gasteiger partial charge is 0.329 e. The number of aromatic nitrogens is 1. The van der Waals surface area contributed by atoms with Gasteiger partial charge in [-0.15, -0.1) is 0 Å². The Balaban J connectivity index is 1.68. The summed E-state index contributed by atoms with van der Waals surface area (Å²) in [5.41, 5.74) is 8.65. The number of likely N-dealkylation sites (N-methyl/N-ethyl adjacent to an activating group) is 1. The Bertz CT molecular complexity index is 459. The van der Waals surface area contributed by atoms with Crippen molar-refractivity contribution in [2.75, 3.05) is 20.1 Å². The highest BCUT2D eigenvalue weighted by Crippen LogP contribution is 2.48. The second-order valence-electron chi connectivity index (χ2n) is 6.86. The van der Waals surface area contributed by atoms with Crippen LogP contribution in [-0.4, -0.2) is 30.0 Å². The van der Waals surface area contributed by atoms with Gasteiger partial charge >= 0.3 is 0 Å². The van der Waals surface area contributed by atoms with E-state index in [0.717, 1.165) is 17.8 Å². The lowest BCUT2D eigenvalue weighted by atomic mass is 9.88. The minimum Gasteiger partial charge on any atom is -0.329 e. The van der Waals surface area contributed by atoms with E-state index in [0.29, 0.717) is 12.6 Å². The number of rotatable bonds is 5. The quantitative estimate of drug-likeness (QED) is 0.897. The molecule has 1 aromatic rings. The number of hydrogen-bond acceptors (Lipinski definition) is 3. The molecular weight excluding hydrogens is 246 g/mol. The van der Waals surface area contributed by atoms with Crippen LogP contribution in [0.15, 0.2) is 18.5 Å². The maximum Gasteiger partial charge on any atom is 0.0485 e. The summed E-state index contributed by atoms with van der Waals surface area (Å²) < 4.78 is 0. The Hall–Kier alpha value is -0.930. The molecule has 2 fully saturated rings. The van der Waals surface area contributed by atoms with Crippen LogP contribution in [-0.2, 0) is 0 Å². The highest BCUT2D eigenvalue weighted by Gasteiger charge is 2.40. The monoisotopic (exact) mass is 273 g/mol. The van der Waals surface area contributed by atoms with Crippen molar-refractivity contribution in [3.8, 4) is 0 Å². The third kappa shape index (κ3) is 2.61. The average molecular weight is 273 g/mol. The van der Waals surface area contributed by atoms with Gasteiger partial charge in [0.1, 0.15) is 0 Å². The van der Waals surface area contributed by atoms with Crippen molar-refractivity contribution in [3.05, 3.63) is 29.6 Å². The van der Waals surface area contributed by atoms with E-state index >= 15 is 0 Å². The van der Waals surface area contributed by atoms with Gasteiger partial charge in [0.25, 0.3) is 0 Å². The van der Waals surface area contributed by atoms with Gasteiger partial charge in [0.05, 0.1) is 0 Å². The van der Waals surface area contributed by atoms with Crippen LogP contribution in [0.2, 0.25) is 0 Å². The Morgan fingerprint density at radius 2 is 2.25 bits per heavy atom. The van der Waals surface area contributed by atoms with Crippen LogP contribution in [0.25, 0.3) is 0 Å². The fraction of sp³-hybridized carbons (Fsp3) is 0.706. The first-order chi connectivity index (χ1) is 9.69. The van der Waals surface area contributed by atoms with Crippen LogP contribution < -0.4 is 5.73 Å². The highest BCUT2D eigenvalue weighted by atomic mass is 15.1. The molecule has 2 N–H and O–H groups in total. The summed E-state index contributed by atoms with van der Waals surface area (Å²) in [5.74, 6) is 2.90. The summed E-state index contributed by atoms with van der Waals surface area (Å²) in [7, 11) is 2.23. The maximum absolute atomic E-state index is 6.06. The van der Waals surface area contributed by atoms with Gasteiger partial charge in [0.15, 0.2) is 0 Å². The van der Waals surface area contributed by atoms with Gasteiger partial charge in [-0.3, -0.25) is 9.88 Å². The first-order valence-corrected chi connectivity index (χ1v) is 7.99. The van der Waals surface area contributed by atoms with Gasteiger partial charge in [-0.2, -0.15) is 0 Å². The molecule has 2 aliphatic rings. The molecule has 3 nitrogen and oxygen atoms in total. The van der Waals surface area contributed by atoms with Crippen molar-refractivity contribution in [2.45, 2.75) is 38.6 Å². The van der Waals surface area contributed by atoms with Gasteiger partial charge in [-0.25, -0.2) is 0 Å². The summed E-state index contributed by atoms with van der Waals surface area (Å²) in [6, 6.07) is 2.39. The summed E-state index contributed by atoms with van der Waals surface area (Å²) in [6.45, 7) is 4.02. The SMILES string of the molecule is Cc1ccncc1C(CN)N(C)CC1CC2CCC1C2. The van der Waals surface area contributed by atoms with E-state index in [-0.39, 0.29) is 0 Å². The lowest BCUT2D eigenvalue weighted by Crippen LogP contribution is -2.36. The average Bonchev–Trinajstić information content (AvgIpc) is 3.04. The Morgan fingerprint density at radius 3 is 2.85 bits per heavy atom. The maximum atomic E-state index is 6.06. The van der Waals surface area contributed by atoms with Gasteiger partial charge in [-0.05, 0) is 68.2 Å². The molecule has 2 bridgehead atoms. The molecule has 0 aromatic carbocycles. The molecule has 4 atom stereocenters. The molecule has 3 rings (SSSR count). The second kappa shape index (κ2) is 5.82. The second-order valence-corrected chi connectivity index (χ2v) is 6.86. The third-order valence-corrected chi connectivity index (χ3v) is 5.60. The zero-order chi connectivity index (χ0) is 14.1. The van der Waals surface area contributed by atoms with Gasteiger partial charge < -0.3 is 5.73 Å². The summed E-state index contributed by atoms with van der Waals surface area (Å²) >= 11 is 0. The van der Waals surface area contributed by atoms with E-state index in [4.69, 9.17) is 5.73 Å². The predicted molar refractivity (Wildman–Crippen MR) is 82.3 cm³/mol. The molecule has 0 radical (unpaired) electrons. The van der Waals surface area contributed by atoms with E-state index in [1.807, 2.05) is 12.4 Å². The van der Waals surface area contributed by atoms with Gasteiger partial charge in [-0.1, -0.05) is 6.42 Å². The van der Waals surface area contributed by atoms with Crippen molar-refractivity contribution in [1.29, 1.82) is 0 Å². The fourth-order valence-corrected chi connectivity index (χ4v) is 4.47. The van der Waals surface area contributed by atoms with Crippen LogP contribution in [0.1, 0.15) is 42.9 Å². The minimum atomic E-state index is 0.308. The smallest absolute Gasteiger partial charge is 0.0485 e. The van der Waals surface area contributed by atoms with E-state index < -0.39 is 0 Å². The third-order valence-electron chi connectivity index (χ3n) is 5.60. The Kier molecular flexibility index (Phi) is 4.08. The molecule has 1 heterocycles. The number of hydrogen-bond donors (Lipinski definition) is 1. The number of pyridine rings is 1. The molecule has 0 amide bonds. The molecule has 2 saturated carbocycles. The van der Waals surface area contributed by atoms with E-state index in [9.17, 15) is 0 Å². The highest BCUT2D eigenvalue weighted by molar-refractivity contribution is 5.25. The number of nitrogens with two attached hydrogens (primary N) is 1. The first kappa shape index (κ1) is 14.0. The Morgan fingerprint density at radius 1 is 1.40 bits per heavy atom. The zero-order valence-corrected chi connectivity index (χ0v) is 12.8. The van der Waals surface area contributed by atoms with Crippen molar-refractivity contribution in [3.63, 3.8) is 0 Å². The molecule has 0 saturated heterocycles. The van der Waals surface area contributed by atoms with Crippen LogP contribution in [0.3, 0.4) is 0 Å². The fourth-order valence-electron chi connectivity index (χ4n) is 4.47. The molecule has 3 heteroatoms. The number of nitrogens with zero attached hydrogens (tertiary/aromatic N) is 2. The van der Waals surface area contributed by atoms with E-state index in [1.54, 1.807) is 0 Å². The summed E-state index contributed by atoms with van der Waals surface area (Å²) in [6.07, 6.45) is 9.72. The van der Waals surface area contributed by atoms with E-state index in [2.05, 4.69) is 29.9 Å². The lowest BCUT2D eigenvalue weighted by Gasteiger charge is -2.33. The molecule has 1 aromatic heterocycles. The lowest BCUT2D eigenvalue weighted by molar-refractivity contribution is 0.175. The molecule has 0 aliphatic heterocycles. The topological polar surface area (TPSA) is 42.1 Å². The van der Waals surface area contributed by atoms with Crippen molar-refractivity contribution >= 4 is 0 Å². The predicted octanol–water partition coefficient (Wildman–Crippen LogP) is 2.76. The standard InChI is InChI=1S/C17H27N3/c1-12-5-6-19-10-16(12)17(9-18)20(2)11-15-8-13-3-4-14(15)7-13/h5-6,10,13-15,17H,3-4,7-9,11,18H2,1-2H3. The normalized spacial score (nSPS) is 30.1. The van der Waals surface area contributed by atoms with Crippen LogP contribution >= 0.6 is 0 Å². The molecule has 20 heavy (non-hydrogen) atoms. The van der Waals surface area contributed by atoms with Crippen LogP contribution in [0.5, 0.6) is 0 Å². The molecule has 0 spiro atoms. The van der Waals surface area contributed by atoms with Crippen LogP contribution in [0.4, 0.5) is 0 Å². The summed E-state index contributed by atoms with van der Waals surface area (Å²) in [5, 5.41) is 0. The number of aryl methyl sites for hydroxylation is 1. The van der Waals surface area contributed by atoms with Crippen molar-refractivity contribution in [1.82, 2.24) is 9.88 Å². The minimum absolute atomic E-state index is 0.308. The van der Waals surface area contributed by atoms with Gasteiger partial charge in [0.2, 0.25) is 0 Å². The molecular formula is C17H27N3. The van der Waals surface area contributed by atoms with Crippen molar-refractivity contribution < 1.29 is 0 Å². The zero-order valence-electron chi connectivity index (χ0n) is 12.8. The van der Waals surface area contributed by atoms with E-state index in [1.165, 1.54) is 43.4 Å². The Labute approximate surface area is 122 Å².